The van der Waals surface area contributed by atoms with Crippen molar-refractivity contribution < 1.29 is 14.3 Å². The molecule has 1 aliphatic carbocycles. The lowest BCUT2D eigenvalue weighted by Crippen LogP contribution is -2.53. The molecule has 0 bridgehead atoms. The van der Waals surface area contributed by atoms with Crippen molar-refractivity contribution >= 4 is 23.2 Å². The van der Waals surface area contributed by atoms with Crippen LogP contribution in [0.1, 0.15) is 65.7 Å². The Bertz CT molecular complexity index is 844. The predicted molar refractivity (Wildman–Crippen MR) is 114 cm³/mol. The fourth-order valence-electron chi connectivity index (χ4n) is 3.67. The van der Waals surface area contributed by atoms with Crippen molar-refractivity contribution in [3.05, 3.63) is 45.4 Å². The van der Waals surface area contributed by atoms with Crippen molar-refractivity contribution in [2.75, 3.05) is 0 Å². The van der Waals surface area contributed by atoms with Gasteiger partial charge in [0.05, 0.1) is 0 Å². The molecule has 0 saturated heterocycles. The van der Waals surface area contributed by atoms with Crippen LogP contribution < -0.4 is 15.4 Å². The first-order valence-corrected chi connectivity index (χ1v) is 11.1. The summed E-state index contributed by atoms with van der Waals surface area (Å²) in [5, 5.41) is 8.62. The number of carbonyl (C=O) groups is 2. The Morgan fingerprint density at radius 1 is 1.10 bits per heavy atom. The highest BCUT2D eigenvalue weighted by atomic mass is 32.1. The van der Waals surface area contributed by atoms with Gasteiger partial charge in [-0.1, -0.05) is 25.8 Å². The number of aryl methyl sites for hydroxylation is 2. The van der Waals surface area contributed by atoms with Crippen LogP contribution in [0, 0.1) is 13.8 Å². The Morgan fingerprint density at radius 2 is 1.76 bits per heavy atom. The molecule has 0 radical (unpaired) electrons. The second-order valence-electron chi connectivity index (χ2n) is 7.63. The van der Waals surface area contributed by atoms with Gasteiger partial charge in [0.25, 0.3) is 5.91 Å². The van der Waals surface area contributed by atoms with Crippen molar-refractivity contribution in [2.45, 2.75) is 71.6 Å². The molecule has 29 heavy (non-hydrogen) atoms. The first-order valence-electron chi connectivity index (χ1n) is 10.2. The summed E-state index contributed by atoms with van der Waals surface area (Å²) in [6.07, 6.45) is 4.33. The molecule has 2 atom stereocenters. The van der Waals surface area contributed by atoms with E-state index < -0.39 is 0 Å². The third-order valence-corrected chi connectivity index (χ3v) is 5.91. The summed E-state index contributed by atoms with van der Waals surface area (Å²) >= 11 is 1.42. The third kappa shape index (κ3) is 6.03. The van der Waals surface area contributed by atoms with E-state index in [0.29, 0.717) is 18.7 Å². The van der Waals surface area contributed by atoms with E-state index in [0.717, 1.165) is 47.6 Å². The van der Waals surface area contributed by atoms with Crippen LogP contribution in [0.5, 0.6) is 5.75 Å². The van der Waals surface area contributed by atoms with E-state index in [1.165, 1.54) is 11.3 Å². The molecule has 0 aliphatic heterocycles. The monoisotopic (exact) mass is 415 g/mol. The minimum atomic E-state index is -0.193. The lowest BCUT2D eigenvalue weighted by atomic mass is 9.90. The molecule has 2 amide bonds. The molecule has 1 aliphatic rings. The fraction of sp³-hybridized carbons (Fsp3) is 0.500. The molecule has 1 heterocycles. The van der Waals surface area contributed by atoms with Crippen LogP contribution in [-0.2, 0) is 11.4 Å². The van der Waals surface area contributed by atoms with Gasteiger partial charge in [0.1, 0.15) is 23.1 Å². The Morgan fingerprint density at radius 3 is 2.41 bits per heavy atom. The van der Waals surface area contributed by atoms with Crippen LogP contribution in [0.15, 0.2) is 23.6 Å². The van der Waals surface area contributed by atoms with Crippen LogP contribution in [0.25, 0.3) is 0 Å². The van der Waals surface area contributed by atoms with Crippen LogP contribution in [-0.4, -0.2) is 28.9 Å². The maximum absolute atomic E-state index is 12.7. The molecule has 1 fully saturated rings. The molecule has 1 saturated carbocycles. The van der Waals surface area contributed by atoms with Crippen molar-refractivity contribution in [1.29, 1.82) is 0 Å². The number of nitrogens with one attached hydrogen (secondary N) is 2. The van der Waals surface area contributed by atoms with Crippen molar-refractivity contribution in [1.82, 2.24) is 15.6 Å². The molecule has 2 aromatic rings. The van der Waals surface area contributed by atoms with Crippen LogP contribution >= 0.6 is 11.3 Å². The number of aromatic nitrogens is 1. The SMILES string of the molecule is CCC(=O)N[C@@H]1CCCC[C@H]1NC(=O)c1csc(COc2cc(C)cc(C)c2)n1. The van der Waals surface area contributed by atoms with Gasteiger partial charge in [-0.3, -0.25) is 9.59 Å². The number of amides is 2. The Hall–Kier alpha value is -2.41. The average Bonchev–Trinajstić information content (AvgIpc) is 3.16. The topological polar surface area (TPSA) is 80.3 Å². The van der Waals surface area contributed by atoms with Crippen LogP contribution in [0.2, 0.25) is 0 Å². The van der Waals surface area contributed by atoms with E-state index in [-0.39, 0.29) is 23.9 Å². The van der Waals surface area contributed by atoms with Crippen molar-refractivity contribution in [3.8, 4) is 5.75 Å². The van der Waals surface area contributed by atoms with E-state index in [2.05, 4.69) is 21.7 Å². The van der Waals surface area contributed by atoms with E-state index in [4.69, 9.17) is 4.74 Å². The maximum atomic E-state index is 12.7. The Kier molecular flexibility index (Phi) is 7.25. The standard InChI is InChI=1S/C22H29N3O3S/c1-4-20(26)23-17-7-5-6-8-18(17)25-22(27)19-13-29-21(24-19)12-28-16-10-14(2)9-15(3)11-16/h9-11,13,17-18H,4-8,12H2,1-3H3,(H,23,26)(H,25,27)/t17-,18-/m1/s1. The first-order chi connectivity index (χ1) is 13.9. The zero-order valence-corrected chi connectivity index (χ0v) is 18.1. The van der Waals surface area contributed by atoms with E-state index in [9.17, 15) is 9.59 Å². The summed E-state index contributed by atoms with van der Waals surface area (Å²) in [5.41, 5.74) is 2.70. The van der Waals surface area contributed by atoms with Gasteiger partial charge in [0.2, 0.25) is 5.91 Å². The molecule has 3 rings (SSSR count). The van der Waals surface area contributed by atoms with Gasteiger partial charge in [0, 0.05) is 23.9 Å². The summed E-state index contributed by atoms with van der Waals surface area (Å²) in [5.74, 6) is 0.637. The molecule has 1 aromatic carbocycles. The van der Waals surface area contributed by atoms with E-state index >= 15 is 0 Å². The zero-order chi connectivity index (χ0) is 20.8. The smallest absolute Gasteiger partial charge is 0.271 e. The second-order valence-corrected chi connectivity index (χ2v) is 8.57. The minimum Gasteiger partial charge on any atom is -0.486 e. The minimum absolute atomic E-state index is 0.00820. The largest absolute Gasteiger partial charge is 0.486 e. The molecule has 156 valence electrons. The molecule has 0 unspecified atom stereocenters. The normalized spacial score (nSPS) is 18.9. The molecule has 2 N–H and O–H groups in total. The number of carbonyl (C=O) groups excluding carboxylic acids is 2. The van der Waals surface area contributed by atoms with Gasteiger partial charge < -0.3 is 15.4 Å². The highest BCUT2D eigenvalue weighted by molar-refractivity contribution is 7.09. The van der Waals surface area contributed by atoms with Gasteiger partial charge >= 0.3 is 0 Å². The highest BCUT2D eigenvalue weighted by Gasteiger charge is 2.28. The molecular weight excluding hydrogens is 386 g/mol. The summed E-state index contributed by atoms with van der Waals surface area (Å²) in [6.45, 7) is 6.24. The molecule has 1 aromatic heterocycles. The number of benzene rings is 1. The number of nitrogens with zero attached hydrogens (tertiary/aromatic N) is 1. The summed E-state index contributed by atoms with van der Waals surface area (Å²) in [4.78, 5) is 28.9. The zero-order valence-electron chi connectivity index (χ0n) is 17.3. The Labute approximate surface area is 176 Å². The summed E-state index contributed by atoms with van der Waals surface area (Å²) in [7, 11) is 0. The fourth-order valence-corrected chi connectivity index (χ4v) is 4.36. The van der Waals surface area contributed by atoms with Gasteiger partial charge in [-0.25, -0.2) is 4.98 Å². The van der Waals surface area contributed by atoms with Gasteiger partial charge in [-0.15, -0.1) is 11.3 Å². The van der Waals surface area contributed by atoms with Crippen molar-refractivity contribution in [3.63, 3.8) is 0 Å². The van der Waals surface area contributed by atoms with E-state index in [1.807, 2.05) is 32.9 Å². The predicted octanol–water partition coefficient (Wildman–Crippen LogP) is 3.91. The number of ether oxygens (including phenoxy) is 1. The lowest BCUT2D eigenvalue weighted by molar-refractivity contribution is -0.121. The number of hydrogen-bond acceptors (Lipinski definition) is 5. The average molecular weight is 416 g/mol. The first kappa shape index (κ1) is 21.3. The second kappa shape index (κ2) is 9.87. The lowest BCUT2D eigenvalue weighted by Gasteiger charge is -2.32. The molecule has 0 spiro atoms. The molecule has 6 nitrogen and oxygen atoms in total. The third-order valence-electron chi connectivity index (χ3n) is 5.09. The summed E-state index contributed by atoms with van der Waals surface area (Å²) < 4.78 is 5.84. The van der Waals surface area contributed by atoms with Crippen LogP contribution in [0.4, 0.5) is 0 Å². The van der Waals surface area contributed by atoms with Gasteiger partial charge in [-0.2, -0.15) is 0 Å². The van der Waals surface area contributed by atoms with E-state index in [1.54, 1.807) is 5.38 Å². The number of thiazole rings is 1. The highest BCUT2D eigenvalue weighted by Crippen LogP contribution is 2.21. The Balaban J connectivity index is 1.57. The number of hydrogen-bond donors (Lipinski definition) is 2. The maximum Gasteiger partial charge on any atom is 0.271 e. The van der Waals surface area contributed by atoms with Crippen LogP contribution in [0.3, 0.4) is 0 Å². The van der Waals surface area contributed by atoms with Gasteiger partial charge in [-0.05, 0) is 49.9 Å². The number of rotatable bonds is 7. The molecular formula is C22H29N3O3S. The molecule has 7 heteroatoms. The van der Waals surface area contributed by atoms with Gasteiger partial charge in [0.15, 0.2) is 0 Å². The quantitative estimate of drug-likeness (QED) is 0.719. The summed E-state index contributed by atoms with van der Waals surface area (Å²) in [6, 6.07) is 6.01. The van der Waals surface area contributed by atoms with Crippen molar-refractivity contribution in [2.24, 2.45) is 0 Å².